The van der Waals surface area contributed by atoms with Crippen LogP contribution < -0.4 is 5.32 Å². The van der Waals surface area contributed by atoms with Crippen LogP contribution in [0.2, 0.25) is 0 Å². The maximum absolute atomic E-state index is 10.5. The Morgan fingerprint density at radius 3 is 2.64 bits per heavy atom. The second-order valence-corrected chi connectivity index (χ2v) is 5.70. The maximum atomic E-state index is 10.5. The molecule has 0 aliphatic carbocycles. The fraction of sp³-hybridized carbons (Fsp3) is 0.471. The van der Waals surface area contributed by atoms with E-state index in [2.05, 4.69) is 10.3 Å². The van der Waals surface area contributed by atoms with E-state index in [0.717, 1.165) is 48.3 Å². The van der Waals surface area contributed by atoms with E-state index in [1.54, 1.807) is 6.20 Å². The van der Waals surface area contributed by atoms with E-state index < -0.39 is 0 Å². The van der Waals surface area contributed by atoms with Crippen molar-refractivity contribution in [2.24, 2.45) is 5.92 Å². The van der Waals surface area contributed by atoms with E-state index in [4.69, 9.17) is 0 Å². The van der Waals surface area contributed by atoms with E-state index in [-0.39, 0.29) is 30.9 Å². The van der Waals surface area contributed by atoms with E-state index in [1.165, 1.54) is 12.8 Å². The van der Waals surface area contributed by atoms with E-state index in [9.17, 15) is 5.11 Å². The second-order valence-electron chi connectivity index (χ2n) is 5.70. The van der Waals surface area contributed by atoms with Crippen molar-refractivity contribution in [3.8, 4) is 0 Å². The number of piperidine rings is 1. The Labute approximate surface area is 144 Å². The number of nitrogens with zero attached hydrogens (tertiary/aromatic N) is 1. The average molecular weight is 343 g/mol. The summed E-state index contributed by atoms with van der Waals surface area (Å²) in [6.07, 6.45) is 5.86. The minimum Gasteiger partial charge on any atom is -0.388 e. The van der Waals surface area contributed by atoms with Crippen LogP contribution in [0.5, 0.6) is 0 Å². The number of fused-ring (bicyclic) bond motifs is 1. The van der Waals surface area contributed by atoms with Gasteiger partial charge in [-0.25, -0.2) is 0 Å². The predicted octanol–water partition coefficient (Wildman–Crippen LogP) is 3.89. The highest BCUT2D eigenvalue weighted by atomic mass is 35.5. The summed E-state index contributed by atoms with van der Waals surface area (Å²) >= 11 is 0. The molecule has 5 heteroatoms. The van der Waals surface area contributed by atoms with Gasteiger partial charge in [0.1, 0.15) is 0 Å². The van der Waals surface area contributed by atoms with Crippen molar-refractivity contribution in [2.45, 2.75) is 31.8 Å². The second kappa shape index (κ2) is 9.31. The lowest BCUT2D eigenvalue weighted by molar-refractivity contribution is 0.153. The molecule has 2 heterocycles. The summed E-state index contributed by atoms with van der Waals surface area (Å²) < 4.78 is 0. The van der Waals surface area contributed by atoms with Gasteiger partial charge in [-0.1, -0.05) is 18.2 Å². The van der Waals surface area contributed by atoms with Crippen molar-refractivity contribution >= 4 is 35.7 Å². The minimum absolute atomic E-state index is 0. The van der Waals surface area contributed by atoms with Crippen molar-refractivity contribution in [3.05, 3.63) is 42.1 Å². The average Bonchev–Trinajstić information content (AvgIpc) is 2.53. The maximum Gasteiger partial charge on any atom is 0.0797 e. The Kier molecular flexibility index (Phi) is 8.12. The van der Waals surface area contributed by atoms with Gasteiger partial charge in [-0.2, -0.15) is 0 Å². The number of hydrogen-bond acceptors (Lipinski definition) is 3. The lowest BCUT2D eigenvalue weighted by atomic mass is 9.90. The zero-order valence-corrected chi connectivity index (χ0v) is 14.2. The van der Waals surface area contributed by atoms with Gasteiger partial charge in [0.15, 0.2) is 0 Å². The number of para-hydroxylation sites is 1. The van der Waals surface area contributed by atoms with Gasteiger partial charge in [-0.3, -0.25) is 4.98 Å². The first kappa shape index (κ1) is 19.2. The van der Waals surface area contributed by atoms with Crippen LogP contribution in [0.1, 0.15) is 37.4 Å². The number of hydrogen-bond donors (Lipinski definition) is 2. The molecule has 1 unspecified atom stereocenters. The highest BCUT2D eigenvalue weighted by molar-refractivity contribution is 5.85. The number of aliphatic hydroxyl groups excluding tert-OH is 1. The van der Waals surface area contributed by atoms with Gasteiger partial charge in [0.2, 0.25) is 0 Å². The van der Waals surface area contributed by atoms with Crippen LogP contribution in [-0.4, -0.2) is 23.2 Å². The first-order valence-electron chi connectivity index (χ1n) is 7.57. The Morgan fingerprint density at radius 1 is 1.14 bits per heavy atom. The van der Waals surface area contributed by atoms with Crippen LogP contribution >= 0.6 is 24.8 Å². The first-order valence-corrected chi connectivity index (χ1v) is 7.57. The van der Waals surface area contributed by atoms with Crippen LogP contribution in [0.3, 0.4) is 0 Å². The Balaban J connectivity index is 0.00000121. The summed E-state index contributed by atoms with van der Waals surface area (Å²) in [4.78, 5) is 4.35. The van der Waals surface area contributed by atoms with Crippen LogP contribution in [0, 0.1) is 5.92 Å². The van der Waals surface area contributed by atoms with Gasteiger partial charge in [-0.15, -0.1) is 24.8 Å². The Bertz CT molecular complexity index is 568. The molecule has 1 atom stereocenters. The van der Waals surface area contributed by atoms with E-state index in [0.29, 0.717) is 0 Å². The summed E-state index contributed by atoms with van der Waals surface area (Å²) in [6, 6.07) is 9.99. The highest BCUT2D eigenvalue weighted by Gasteiger charge is 2.17. The van der Waals surface area contributed by atoms with Crippen molar-refractivity contribution in [3.63, 3.8) is 0 Å². The molecule has 0 spiro atoms. The van der Waals surface area contributed by atoms with Crippen LogP contribution in [0.15, 0.2) is 36.5 Å². The molecule has 22 heavy (non-hydrogen) atoms. The number of nitrogens with one attached hydrogen (secondary N) is 1. The van der Waals surface area contributed by atoms with E-state index >= 15 is 0 Å². The van der Waals surface area contributed by atoms with Gasteiger partial charge in [0.25, 0.3) is 0 Å². The minimum atomic E-state index is -0.377. The summed E-state index contributed by atoms with van der Waals surface area (Å²) in [7, 11) is 0. The topological polar surface area (TPSA) is 45.1 Å². The number of aromatic nitrogens is 1. The number of aliphatic hydroxyl groups is 1. The summed E-state index contributed by atoms with van der Waals surface area (Å²) in [5.41, 5.74) is 1.98. The molecule has 3 nitrogen and oxygen atoms in total. The fourth-order valence-electron chi connectivity index (χ4n) is 3.13. The smallest absolute Gasteiger partial charge is 0.0797 e. The molecule has 2 N–H and O–H groups in total. The van der Waals surface area contributed by atoms with Gasteiger partial charge in [-0.05, 0) is 62.4 Å². The molecule has 2 aromatic rings. The van der Waals surface area contributed by atoms with Crippen LogP contribution in [0.4, 0.5) is 0 Å². The number of pyridine rings is 1. The molecule has 1 aromatic carbocycles. The molecule has 3 rings (SSSR count). The summed E-state index contributed by atoms with van der Waals surface area (Å²) in [6.45, 7) is 2.25. The zero-order chi connectivity index (χ0) is 13.8. The SMILES string of the molecule is Cl.Cl.OC(CCC1CCNCC1)c1ccnc2ccccc12. The van der Waals surface area contributed by atoms with Crippen molar-refractivity contribution in [2.75, 3.05) is 13.1 Å². The third kappa shape index (κ3) is 4.56. The Hall–Kier alpha value is -0.870. The molecular weight excluding hydrogens is 319 g/mol. The van der Waals surface area contributed by atoms with Gasteiger partial charge in [0.05, 0.1) is 11.6 Å². The predicted molar refractivity (Wildman–Crippen MR) is 96.0 cm³/mol. The van der Waals surface area contributed by atoms with Gasteiger partial charge >= 0.3 is 0 Å². The zero-order valence-electron chi connectivity index (χ0n) is 12.6. The molecule has 1 saturated heterocycles. The monoisotopic (exact) mass is 342 g/mol. The number of rotatable bonds is 4. The normalized spacial score (nSPS) is 16.6. The molecule has 1 aliphatic rings. The van der Waals surface area contributed by atoms with E-state index in [1.807, 2.05) is 30.3 Å². The highest BCUT2D eigenvalue weighted by Crippen LogP contribution is 2.28. The van der Waals surface area contributed by atoms with Crippen molar-refractivity contribution in [1.82, 2.24) is 10.3 Å². The van der Waals surface area contributed by atoms with Crippen molar-refractivity contribution in [1.29, 1.82) is 0 Å². The molecule has 0 saturated carbocycles. The lowest BCUT2D eigenvalue weighted by Crippen LogP contribution is -2.27. The van der Waals surface area contributed by atoms with Crippen LogP contribution in [-0.2, 0) is 0 Å². The molecule has 1 aliphatic heterocycles. The van der Waals surface area contributed by atoms with Crippen LogP contribution in [0.25, 0.3) is 10.9 Å². The Morgan fingerprint density at radius 2 is 1.86 bits per heavy atom. The number of halogens is 2. The quantitative estimate of drug-likeness (QED) is 0.885. The molecule has 0 radical (unpaired) electrons. The van der Waals surface area contributed by atoms with Gasteiger partial charge < -0.3 is 10.4 Å². The third-order valence-electron chi connectivity index (χ3n) is 4.35. The summed E-state index contributed by atoms with van der Waals surface area (Å²) in [5.74, 6) is 0.763. The third-order valence-corrected chi connectivity index (χ3v) is 4.35. The molecular formula is C17H24Cl2N2O. The first-order chi connectivity index (χ1) is 9.84. The lowest BCUT2D eigenvalue weighted by Gasteiger charge is -2.23. The fourth-order valence-corrected chi connectivity index (χ4v) is 3.13. The van der Waals surface area contributed by atoms with Gasteiger partial charge in [0, 0.05) is 11.6 Å². The summed E-state index contributed by atoms with van der Waals surface area (Å²) in [5, 5.41) is 15.0. The molecule has 122 valence electrons. The largest absolute Gasteiger partial charge is 0.388 e. The number of benzene rings is 1. The standard InChI is InChI=1S/C17H22N2O.2ClH/c20-17(6-5-13-7-10-18-11-8-13)15-9-12-19-16-4-2-1-3-14(15)16;;/h1-4,9,12-13,17-18,20H,5-8,10-11H2;2*1H. The van der Waals surface area contributed by atoms with Crippen molar-refractivity contribution < 1.29 is 5.11 Å². The molecule has 1 aromatic heterocycles. The molecule has 0 amide bonds. The molecule has 0 bridgehead atoms. The molecule has 1 fully saturated rings.